The highest BCUT2D eigenvalue weighted by atomic mass is 19.1. The summed E-state index contributed by atoms with van der Waals surface area (Å²) in [6.07, 6.45) is 0.975. The van der Waals surface area contributed by atoms with E-state index in [9.17, 15) is 14.0 Å². The van der Waals surface area contributed by atoms with Crippen molar-refractivity contribution in [2.45, 2.75) is 32.4 Å². The Morgan fingerprint density at radius 3 is 2.44 bits per heavy atom. The molecular formula is C20H29FN4O2. The second-order valence-electron chi connectivity index (χ2n) is 7.71. The number of halogens is 1. The lowest BCUT2D eigenvalue weighted by Gasteiger charge is -2.33. The number of hydrogen-bond acceptors (Lipinski definition) is 4. The molecule has 2 heterocycles. The van der Waals surface area contributed by atoms with Crippen molar-refractivity contribution in [1.82, 2.24) is 20.4 Å². The van der Waals surface area contributed by atoms with Gasteiger partial charge in [0.2, 0.25) is 5.91 Å². The van der Waals surface area contributed by atoms with E-state index in [2.05, 4.69) is 15.5 Å². The number of hydrogen-bond donors (Lipinski definition) is 2. The molecule has 2 aliphatic rings. The number of amides is 2. The normalized spacial score (nSPS) is 22.1. The van der Waals surface area contributed by atoms with E-state index in [1.807, 2.05) is 18.7 Å². The van der Waals surface area contributed by atoms with Gasteiger partial charge in [0.15, 0.2) is 0 Å². The predicted molar refractivity (Wildman–Crippen MR) is 102 cm³/mol. The van der Waals surface area contributed by atoms with Crippen LogP contribution in [-0.2, 0) is 4.79 Å². The first-order valence-electron chi connectivity index (χ1n) is 9.75. The SMILES string of the molecule is CC(C)C(NC(=O)c1ccc(F)cc1)C(=O)N1CCC(N2CCNCC2)C1. The van der Waals surface area contributed by atoms with E-state index < -0.39 is 6.04 Å². The summed E-state index contributed by atoms with van der Waals surface area (Å²) in [6.45, 7) is 9.31. The molecule has 0 spiro atoms. The molecule has 2 N–H and O–H groups in total. The first-order chi connectivity index (χ1) is 13.0. The van der Waals surface area contributed by atoms with Crippen molar-refractivity contribution in [3.63, 3.8) is 0 Å². The largest absolute Gasteiger partial charge is 0.340 e. The van der Waals surface area contributed by atoms with Gasteiger partial charge in [0.05, 0.1) is 0 Å². The van der Waals surface area contributed by atoms with Gasteiger partial charge in [0.1, 0.15) is 11.9 Å². The van der Waals surface area contributed by atoms with E-state index in [0.29, 0.717) is 18.2 Å². The van der Waals surface area contributed by atoms with Crippen LogP contribution >= 0.6 is 0 Å². The summed E-state index contributed by atoms with van der Waals surface area (Å²) in [6, 6.07) is 5.19. The maximum absolute atomic E-state index is 13.1. The number of piperazine rings is 1. The van der Waals surface area contributed by atoms with E-state index in [0.717, 1.165) is 39.1 Å². The Labute approximate surface area is 160 Å². The van der Waals surface area contributed by atoms with Gasteiger partial charge in [0.25, 0.3) is 5.91 Å². The van der Waals surface area contributed by atoms with Crippen LogP contribution in [0.25, 0.3) is 0 Å². The molecule has 0 saturated carbocycles. The topological polar surface area (TPSA) is 64.7 Å². The van der Waals surface area contributed by atoms with Gasteiger partial charge in [-0.15, -0.1) is 0 Å². The molecule has 2 atom stereocenters. The smallest absolute Gasteiger partial charge is 0.251 e. The number of carbonyl (C=O) groups is 2. The van der Waals surface area contributed by atoms with Gasteiger partial charge in [-0.3, -0.25) is 14.5 Å². The van der Waals surface area contributed by atoms with Crippen LogP contribution in [0.5, 0.6) is 0 Å². The molecule has 2 aliphatic heterocycles. The molecule has 0 aromatic heterocycles. The first-order valence-corrected chi connectivity index (χ1v) is 9.75. The van der Waals surface area contributed by atoms with Crippen molar-refractivity contribution < 1.29 is 14.0 Å². The molecule has 2 fully saturated rings. The van der Waals surface area contributed by atoms with E-state index in [-0.39, 0.29) is 23.5 Å². The Kier molecular flexibility index (Phi) is 6.44. The van der Waals surface area contributed by atoms with Crippen LogP contribution in [0.15, 0.2) is 24.3 Å². The van der Waals surface area contributed by atoms with Gasteiger partial charge in [-0.25, -0.2) is 4.39 Å². The molecule has 7 heteroatoms. The Morgan fingerprint density at radius 1 is 1.15 bits per heavy atom. The Bertz CT molecular complexity index is 658. The number of carbonyl (C=O) groups excluding carboxylic acids is 2. The van der Waals surface area contributed by atoms with Crippen LogP contribution in [0.3, 0.4) is 0 Å². The van der Waals surface area contributed by atoms with Gasteiger partial charge >= 0.3 is 0 Å². The average Bonchev–Trinajstić information content (AvgIpc) is 3.16. The summed E-state index contributed by atoms with van der Waals surface area (Å²) in [4.78, 5) is 29.9. The van der Waals surface area contributed by atoms with Gasteiger partial charge < -0.3 is 15.5 Å². The highest BCUT2D eigenvalue weighted by molar-refractivity contribution is 5.97. The summed E-state index contributed by atoms with van der Waals surface area (Å²) in [5, 5.41) is 6.20. The van der Waals surface area contributed by atoms with Crippen LogP contribution in [-0.4, -0.2) is 73.0 Å². The fourth-order valence-electron chi connectivity index (χ4n) is 3.82. The summed E-state index contributed by atoms with van der Waals surface area (Å²) >= 11 is 0. The molecule has 0 bridgehead atoms. The molecule has 2 amide bonds. The standard InChI is InChI=1S/C20H29FN4O2/c1-14(2)18(23-19(26)15-3-5-16(21)6-4-15)20(27)25-10-7-17(13-25)24-11-8-22-9-12-24/h3-6,14,17-18,22H,7-13H2,1-2H3,(H,23,26). The zero-order valence-electron chi connectivity index (χ0n) is 16.1. The summed E-state index contributed by atoms with van der Waals surface area (Å²) in [7, 11) is 0. The van der Waals surface area contributed by atoms with Crippen LogP contribution in [0.4, 0.5) is 4.39 Å². The van der Waals surface area contributed by atoms with Gasteiger partial charge in [-0.2, -0.15) is 0 Å². The summed E-state index contributed by atoms with van der Waals surface area (Å²) in [5.74, 6) is -0.794. The fourth-order valence-corrected chi connectivity index (χ4v) is 3.82. The summed E-state index contributed by atoms with van der Waals surface area (Å²) in [5.41, 5.74) is 0.356. The van der Waals surface area contributed by atoms with Crippen molar-refractivity contribution in [3.05, 3.63) is 35.6 Å². The molecule has 6 nitrogen and oxygen atoms in total. The van der Waals surface area contributed by atoms with Crippen molar-refractivity contribution in [3.8, 4) is 0 Å². The lowest BCUT2D eigenvalue weighted by Crippen LogP contribution is -2.52. The quantitative estimate of drug-likeness (QED) is 0.807. The molecule has 1 aromatic rings. The number of rotatable bonds is 5. The second-order valence-corrected chi connectivity index (χ2v) is 7.71. The molecule has 3 rings (SSSR count). The van der Waals surface area contributed by atoms with E-state index in [4.69, 9.17) is 0 Å². The maximum Gasteiger partial charge on any atom is 0.251 e. The van der Waals surface area contributed by atoms with Crippen molar-refractivity contribution in [2.75, 3.05) is 39.3 Å². The van der Waals surface area contributed by atoms with Crippen molar-refractivity contribution >= 4 is 11.8 Å². The maximum atomic E-state index is 13.1. The molecule has 0 aliphatic carbocycles. The minimum absolute atomic E-state index is 0.0277. The monoisotopic (exact) mass is 376 g/mol. The van der Waals surface area contributed by atoms with Crippen LogP contribution in [0, 0.1) is 11.7 Å². The molecule has 148 valence electrons. The Hall–Kier alpha value is -1.99. The zero-order chi connectivity index (χ0) is 19.4. The van der Waals surface area contributed by atoms with Crippen LogP contribution in [0.2, 0.25) is 0 Å². The lowest BCUT2D eigenvalue weighted by atomic mass is 10.0. The van der Waals surface area contributed by atoms with Crippen LogP contribution in [0.1, 0.15) is 30.6 Å². The number of likely N-dealkylation sites (tertiary alicyclic amines) is 1. The molecule has 2 saturated heterocycles. The van der Waals surface area contributed by atoms with Gasteiger partial charge in [-0.05, 0) is 36.6 Å². The van der Waals surface area contributed by atoms with E-state index in [1.54, 1.807) is 0 Å². The fraction of sp³-hybridized carbons (Fsp3) is 0.600. The molecule has 2 unspecified atom stereocenters. The molecule has 1 aromatic carbocycles. The molecule has 0 radical (unpaired) electrons. The van der Waals surface area contributed by atoms with Crippen molar-refractivity contribution in [1.29, 1.82) is 0 Å². The minimum Gasteiger partial charge on any atom is -0.340 e. The third kappa shape index (κ3) is 4.84. The van der Waals surface area contributed by atoms with E-state index >= 15 is 0 Å². The van der Waals surface area contributed by atoms with Gasteiger partial charge in [0, 0.05) is 50.9 Å². The third-order valence-corrected chi connectivity index (χ3v) is 5.47. The second kappa shape index (κ2) is 8.80. The zero-order valence-corrected chi connectivity index (χ0v) is 16.1. The third-order valence-electron chi connectivity index (χ3n) is 5.47. The minimum atomic E-state index is -0.579. The first kappa shape index (κ1) is 19.8. The average molecular weight is 376 g/mol. The van der Waals surface area contributed by atoms with Crippen molar-refractivity contribution in [2.24, 2.45) is 5.92 Å². The summed E-state index contributed by atoms with van der Waals surface area (Å²) < 4.78 is 13.1. The predicted octanol–water partition coefficient (Wildman–Crippen LogP) is 1.09. The van der Waals surface area contributed by atoms with E-state index in [1.165, 1.54) is 24.3 Å². The lowest BCUT2D eigenvalue weighted by molar-refractivity contribution is -0.133. The molecule has 27 heavy (non-hydrogen) atoms. The Balaban J connectivity index is 1.61. The molecular weight excluding hydrogens is 347 g/mol. The number of nitrogens with one attached hydrogen (secondary N) is 2. The van der Waals surface area contributed by atoms with Gasteiger partial charge in [-0.1, -0.05) is 13.8 Å². The highest BCUT2D eigenvalue weighted by Crippen LogP contribution is 2.19. The highest BCUT2D eigenvalue weighted by Gasteiger charge is 2.35. The number of benzene rings is 1. The Morgan fingerprint density at radius 2 is 1.81 bits per heavy atom. The number of nitrogens with zero attached hydrogens (tertiary/aromatic N) is 2. The van der Waals surface area contributed by atoms with Crippen LogP contribution < -0.4 is 10.6 Å².